The highest BCUT2D eigenvalue weighted by molar-refractivity contribution is 6.04. The average Bonchev–Trinajstić information content (AvgIpc) is 2.75. The number of likely N-dealkylation sites (tertiary alicyclic amines) is 1. The van der Waals surface area contributed by atoms with Gasteiger partial charge in [-0.2, -0.15) is 0 Å². The van der Waals surface area contributed by atoms with Gasteiger partial charge in [-0.1, -0.05) is 0 Å². The van der Waals surface area contributed by atoms with Crippen LogP contribution >= 0.6 is 0 Å². The van der Waals surface area contributed by atoms with Gasteiger partial charge in [-0.05, 0) is 43.0 Å². The smallest absolute Gasteiger partial charge is 0.242 e. The molecule has 106 valence electrons. The number of piperidine rings is 1. The molecular weight excluding hydrogens is 259 g/mol. The molecule has 2 amide bonds. The Balaban J connectivity index is 1.74. The number of amides is 2. The highest BCUT2D eigenvalue weighted by Crippen LogP contribution is 2.29. The van der Waals surface area contributed by atoms with Gasteiger partial charge in [-0.3, -0.25) is 9.59 Å². The summed E-state index contributed by atoms with van der Waals surface area (Å²) in [7, 11) is 0. The molecule has 4 nitrogen and oxygen atoms in total. The van der Waals surface area contributed by atoms with Gasteiger partial charge < -0.3 is 9.80 Å². The Hall–Kier alpha value is -1.91. The van der Waals surface area contributed by atoms with Crippen LogP contribution in [-0.2, 0) is 16.0 Å². The highest BCUT2D eigenvalue weighted by Gasteiger charge is 2.30. The number of halogens is 1. The van der Waals surface area contributed by atoms with E-state index in [0.29, 0.717) is 11.3 Å². The fourth-order valence-electron chi connectivity index (χ4n) is 2.90. The topological polar surface area (TPSA) is 40.6 Å². The van der Waals surface area contributed by atoms with Gasteiger partial charge in [0, 0.05) is 18.8 Å². The standard InChI is InChI=1S/C15H17FN2O2/c16-12-4-5-13-11(8-12)9-14(19)18(13)10-15(20)17-6-2-1-3-7-17/h4-5,8H,1-3,6-7,9-10H2. The molecule has 0 radical (unpaired) electrons. The van der Waals surface area contributed by atoms with Crippen molar-refractivity contribution in [1.29, 1.82) is 0 Å². The SMILES string of the molecule is O=C(CN1C(=O)Cc2cc(F)ccc21)N1CCCCC1. The molecule has 3 rings (SSSR count). The Morgan fingerprint density at radius 2 is 1.95 bits per heavy atom. The largest absolute Gasteiger partial charge is 0.341 e. The first-order chi connectivity index (χ1) is 9.65. The van der Waals surface area contributed by atoms with Crippen LogP contribution in [0.3, 0.4) is 0 Å². The van der Waals surface area contributed by atoms with Gasteiger partial charge in [-0.15, -0.1) is 0 Å². The quantitative estimate of drug-likeness (QED) is 0.825. The number of anilines is 1. The first-order valence-electron chi connectivity index (χ1n) is 7.02. The second kappa shape index (κ2) is 5.23. The maximum atomic E-state index is 13.2. The third kappa shape index (κ3) is 2.40. The fourth-order valence-corrected chi connectivity index (χ4v) is 2.90. The third-order valence-electron chi connectivity index (χ3n) is 3.98. The maximum Gasteiger partial charge on any atom is 0.242 e. The first-order valence-corrected chi connectivity index (χ1v) is 7.02. The molecule has 5 heteroatoms. The monoisotopic (exact) mass is 276 g/mol. The summed E-state index contributed by atoms with van der Waals surface area (Å²) in [6, 6.07) is 4.29. The number of nitrogens with zero attached hydrogens (tertiary/aromatic N) is 2. The Labute approximate surface area is 117 Å². The van der Waals surface area contributed by atoms with Crippen molar-refractivity contribution >= 4 is 17.5 Å². The Morgan fingerprint density at radius 3 is 2.70 bits per heavy atom. The lowest BCUT2D eigenvalue weighted by Crippen LogP contribution is -2.43. The van der Waals surface area contributed by atoms with Crippen molar-refractivity contribution in [2.45, 2.75) is 25.7 Å². The predicted octanol–water partition coefficient (Wildman–Crippen LogP) is 1.73. The van der Waals surface area contributed by atoms with E-state index in [4.69, 9.17) is 0 Å². The molecule has 1 aromatic carbocycles. The lowest BCUT2D eigenvalue weighted by molar-refractivity contribution is -0.132. The van der Waals surface area contributed by atoms with Crippen molar-refractivity contribution in [3.63, 3.8) is 0 Å². The summed E-state index contributed by atoms with van der Waals surface area (Å²) >= 11 is 0. The van der Waals surface area contributed by atoms with Crippen molar-refractivity contribution in [2.75, 3.05) is 24.5 Å². The lowest BCUT2D eigenvalue weighted by atomic mass is 10.1. The molecule has 0 bridgehead atoms. The van der Waals surface area contributed by atoms with E-state index in [-0.39, 0.29) is 30.6 Å². The summed E-state index contributed by atoms with van der Waals surface area (Å²) in [6.07, 6.45) is 3.40. The number of rotatable bonds is 2. The fraction of sp³-hybridized carbons (Fsp3) is 0.467. The predicted molar refractivity (Wildman–Crippen MR) is 72.9 cm³/mol. The molecule has 0 aromatic heterocycles. The van der Waals surface area contributed by atoms with Crippen LogP contribution in [0.25, 0.3) is 0 Å². The van der Waals surface area contributed by atoms with E-state index in [1.807, 2.05) is 4.90 Å². The van der Waals surface area contributed by atoms with Crippen LogP contribution in [0.4, 0.5) is 10.1 Å². The van der Waals surface area contributed by atoms with E-state index in [1.165, 1.54) is 17.0 Å². The molecule has 0 atom stereocenters. The second-order valence-electron chi connectivity index (χ2n) is 5.37. The zero-order chi connectivity index (χ0) is 14.1. The Kier molecular flexibility index (Phi) is 3.42. The van der Waals surface area contributed by atoms with E-state index in [9.17, 15) is 14.0 Å². The first kappa shape index (κ1) is 13.1. The molecule has 20 heavy (non-hydrogen) atoms. The van der Waals surface area contributed by atoms with Crippen molar-refractivity contribution in [2.24, 2.45) is 0 Å². The van der Waals surface area contributed by atoms with Crippen LogP contribution in [-0.4, -0.2) is 36.3 Å². The minimum Gasteiger partial charge on any atom is -0.341 e. The van der Waals surface area contributed by atoms with Crippen LogP contribution in [0.15, 0.2) is 18.2 Å². The van der Waals surface area contributed by atoms with Gasteiger partial charge in [0.15, 0.2) is 0 Å². The van der Waals surface area contributed by atoms with E-state index in [1.54, 1.807) is 6.07 Å². The second-order valence-corrected chi connectivity index (χ2v) is 5.37. The van der Waals surface area contributed by atoms with Crippen molar-refractivity contribution in [1.82, 2.24) is 4.90 Å². The van der Waals surface area contributed by atoms with E-state index < -0.39 is 0 Å². The number of hydrogen-bond acceptors (Lipinski definition) is 2. The van der Waals surface area contributed by atoms with Gasteiger partial charge in [0.25, 0.3) is 0 Å². The van der Waals surface area contributed by atoms with Crippen LogP contribution in [0, 0.1) is 5.82 Å². The number of carbonyl (C=O) groups is 2. The van der Waals surface area contributed by atoms with Crippen molar-refractivity contribution in [3.8, 4) is 0 Å². The molecule has 1 saturated heterocycles. The number of fused-ring (bicyclic) bond motifs is 1. The van der Waals surface area contributed by atoms with Gasteiger partial charge in [0.1, 0.15) is 12.4 Å². The molecule has 0 saturated carbocycles. The molecule has 1 aromatic rings. The molecule has 2 aliphatic heterocycles. The molecule has 2 aliphatic rings. The zero-order valence-corrected chi connectivity index (χ0v) is 11.3. The minimum absolute atomic E-state index is 0.0183. The lowest BCUT2D eigenvalue weighted by Gasteiger charge is -2.28. The highest BCUT2D eigenvalue weighted by atomic mass is 19.1. The van der Waals surface area contributed by atoms with Gasteiger partial charge in [-0.25, -0.2) is 4.39 Å². The molecule has 1 fully saturated rings. The summed E-state index contributed by atoms with van der Waals surface area (Å²) in [5.41, 5.74) is 1.34. The normalized spacial score (nSPS) is 18.4. The minimum atomic E-state index is -0.347. The van der Waals surface area contributed by atoms with Crippen molar-refractivity contribution in [3.05, 3.63) is 29.6 Å². The molecule has 0 unspecified atom stereocenters. The maximum absolute atomic E-state index is 13.2. The molecular formula is C15H17FN2O2. The summed E-state index contributed by atoms with van der Waals surface area (Å²) in [5, 5.41) is 0. The van der Waals surface area contributed by atoms with Crippen molar-refractivity contribution < 1.29 is 14.0 Å². The Bertz CT molecular complexity index is 553. The number of carbonyl (C=O) groups excluding carboxylic acids is 2. The van der Waals surface area contributed by atoms with E-state index >= 15 is 0 Å². The van der Waals surface area contributed by atoms with E-state index in [0.717, 1.165) is 32.4 Å². The van der Waals surface area contributed by atoms with Crippen LogP contribution in [0.1, 0.15) is 24.8 Å². The average molecular weight is 276 g/mol. The van der Waals surface area contributed by atoms with Gasteiger partial charge in [0.2, 0.25) is 11.8 Å². The molecule has 0 spiro atoms. The van der Waals surface area contributed by atoms with Crippen LogP contribution in [0.5, 0.6) is 0 Å². The van der Waals surface area contributed by atoms with Gasteiger partial charge in [0.05, 0.1) is 6.42 Å². The number of hydrogen-bond donors (Lipinski definition) is 0. The van der Waals surface area contributed by atoms with Gasteiger partial charge >= 0.3 is 0 Å². The molecule has 0 N–H and O–H groups in total. The summed E-state index contributed by atoms with van der Waals surface area (Å²) < 4.78 is 13.2. The zero-order valence-electron chi connectivity index (χ0n) is 11.3. The summed E-state index contributed by atoms with van der Waals surface area (Å²) in [5.74, 6) is -0.494. The van der Waals surface area contributed by atoms with E-state index in [2.05, 4.69) is 0 Å². The summed E-state index contributed by atoms with van der Waals surface area (Å²) in [6.45, 7) is 1.62. The Morgan fingerprint density at radius 1 is 1.20 bits per heavy atom. The molecule has 0 aliphatic carbocycles. The van der Waals surface area contributed by atoms with Crippen LogP contribution < -0.4 is 4.90 Å². The third-order valence-corrected chi connectivity index (χ3v) is 3.98. The number of benzene rings is 1. The summed E-state index contributed by atoms with van der Waals surface area (Å²) in [4.78, 5) is 27.5. The van der Waals surface area contributed by atoms with Crippen LogP contribution in [0.2, 0.25) is 0 Å². The molecule has 2 heterocycles.